The lowest BCUT2D eigenvalue weighted by Crippen LogP contribution is -2.46. The maximum absolute atomic E-state index is 13.1. The third kappa shape index (κ3) is 7.34. The number of methoxy groups -OCH3 is 1. The van der Waals surface area contributed by atoms with Gasteiger partial charge in [-0.2, -0.15) is 18.3 Å². The molecule has 1 atom stereocenters. The fraction of sp³-hybridized carbons (Fsp3) is 0.407. The van der Waals surface area contributed by atoms with E-state index in [1.54, 1.807) is 7.11 Å². The highest BCUT2D eigenvalue weighted by Crippen LogP contribution is 2.25. The molecule has 2 aliphatic rings. The van der Waals surface area contributed by atoms with Crippen LogP contribution in [0.3, 0.4) is 0 Å². The highest BCUT2D eigenvalue weighted by Gasteiger charge is 2.38. The van der Waals surface area contributed by atoms with Gasteiger partial charge in [-0.25, -0.2) is 14.5 Å². The average Bonchev–Trinajstić information content (AvgIpc) is 3.20. The van der Waals surface area contributed by atoms with Crippen LogP contribution in [0.5, 0.6) is 5.75 Å². The fourth-order valence-electron chi connectivity index (χ4n) is 4.42. The third-order valence-corrected chi connectivity index (χ3v) is 6.67. The molecule has 208 valence electrons. The van der Waals surface area contributed by atoms with E-state index in [1.165, 1.54) is 6.42 Å². The average molecular weight is 546 g/mol. The summed E-state index contributed by atoms with van der Waals surface area (Å²) in [5.41, 5.74) is 2.09. The molecule has 1 fully saturated rings. The molecule has 0 saturated heterocycles. The van der Waals surface area contributed by atoms with Crippen LogP contribution in [0.15, 0.2) is 54.6 Å². The summed E-state index contributed by atoms with van der Waals surface area (Å²) in [6.45, 7) is 2.51. The molecule has 0 bridgehead atoms. The standard InChI is InChI=1S/C25H29N5O2.C2HF3O2/c1-32-22-13-6-5-10-19(22)14-29-15-20(25(31)26-21-11-7-12-21)16-30-23(17-29)27-24(28-30)18-8-3-2-4-9-18;3-2(4,5)1(6)7/h2-6,8-10,13,20-21H,7,11-12,14-17H2,1H3,(H,26,31);(H,6,7). The molecule has 0 radical (unpaired) electrons. The Kier molecular flexibility index (Phi) is 8.85. The predicted octanol–water partition coefficient (Wildman–Crippen LogP) is 3.89. The third-order valence-electron chi connectivity index (χ3n) is 6.67. The molecule has 1 amide bonds. The van der Waals surface area contributed by atoms with E-state index >= 15 is 0 Å². The zero-order valence-electron chi connectivity index (χ0n) is 21.4. The lowest BCUT2D eigenvalue weighted by Gasteiger charge is -2.29. The Morgan fingerprint density at radius 1 is 1.08 bits per heavy atom. The minimum atomic E-state index is -5.08. The van der Waals surface area contributed by atoms with Gasteiger partial charge in [0.05, 0.1) is 26.1 Å². The number of para-hydroxylation sites is 1. The molecule has 1 aliphatic carbocycles. The van der Waals surface area contributed by atoms with Crippen molar-refractivity contribution in [1.82, 2.24) is 25.0 Å². The van der Waals surface area contributed by atoms with Crippen molar-refractivity contribution in [2.45, 2.75) is 51.1 Å². The molecule has 2 aromatic carbocycles. The van der Waals surface area contributed by atoms with Crippen LogP contribution in [-0.4, -0.2) is 62.5 Å². The van der Waals surface area contributed by atoms with Gasteiger partial charge in [0.15, 0.2) is 5.82 Å². The van der Waals surface area contributed by atoms with E-state index < -0.39 is 12.1 Å². The minimum absolute atomic E-state index is 0.115. The molecule has 1 aromatic heterocycles. The van der Waals surface area contributed by atoms with Gasteiger partial charge in [0.2, 0.25) is 5.91 Å². The topological polar surface area (TPSA) is 110 Å². The number of carboxylic acid groups (broad SMARTS) is 1. The van der Waals surface area contributed by atoms with Crippen LogP contribution >= 0.6 is 0 Å². The van der Waals surface area contributed by atoms with E-state index in [1.807, 2.05) is 53.2 Å². The van der Waals surface area contributed by atoms with Gasteiger partial charge in [0.1, 0.15) is 11.6 Å². The molecular weight excluding hydrogens is 515 g/mol. The minimum Gasteiger partial charge on any atom is -0.496 e. The summed E-state index contributed by atoms with van der Waals surface area (Å²) in [6.07, 6.45) is -1.73. The summed E-state index contributed by atoms with van der Waals surface area (Å²) in [7, 11) is 1.69. The lowest BCUT2D eigenvalue weighted by molar-refractivity contribution is -0.192. The summed E-state index contributed by atoms with van der Waals surface area (Å²) in [5, 5.41) is 15.1. The second kappa shape index (κ2) is 12.3. The van der Waals surface area contributed by atoms with Gasteiger partial charge in [-0.05, 0) is 25.3 Å². The second-order valence-electron chi connectivity index (χ2n) is 9.52. The number of rotatable bonds is 6. The van der Waals surface area contributed by atoms with Crippen LogP contribution in [0.4, 0.5) is 13.2 Å². The molecule has 2 N–H and O–H groups in total. The summed E-state index contributed by atoms with van der Waals surface area (Å²) in [6, 6.07) is 18.4. The van der Waals surface area contributed by atoms with Gasteiger partial charge in [0.25, 0.3) is 0 Å². The number of nitrogens with zero attached hydrogens (tertiary/aromatic N) is 4. The molecule has 2 heterocycles. The van der Waals surface area contributed by atoms with Gasteiger partial charge in [-0.15, -0.1) is 0 Å². The molecule has 3 aromatic rings. The van der Waals surface area contributed by atoms with Gasteiger partial charge in [-0.1, -0.05) is 48.5 Å². The summed E-state index contributed by atoms with van der Waals surface area (Å²) in [4.78, 5) is 29.2. The Morgan fingerprint density at radius 2 is 1.74 bits per heavy atom. The number of carbonyl (C=O) groups is 2. The SMILES string of the molecule is COc1ccccc1CN1Cc2nc(-c3ccccc3)nn2CC(C(=O)NC2CCC2)C1.O=C(O)C(F)(F)F. The number of benzene rings is 2. The fourth-order valence-corrected chi connectivity index (χ4v) is 4.42. The number of aliphatic carboxylic acids is 1. The van der Waals surface area contributed by atoms with Crippen molar-refractivity contribution in [1.29, 1.82) is 0 Å². The van der Waals surface area contributed by atoms with Crippen LogP contribution in [0.1, 0.15) is 30.7 Å². The number of halogens is 3. The number of hydrogen-bond acceptors (Lipinski definition) is 6. The number of alkyl halides is 3. The molecule has 1 aliphatic heterocycles. The Balaban J connectivity index is 0.000000448. The number of nitrogens with one attached hydrogen (secondary N) is 1. The Bertz CT molecular complexity index is 1280. The van der Waals surface area contributed by atoms with Crippen molar-refractivity contribution < 1.29 is 32.6 Å². The number of amides is 1. The van der Waals surface area contributed by atoms with Crippen molar-refractivity contribution in [3.8, 4) is 17.1 Å². The number of carboxylic acids is 1. The highest BCUT2D eigenvalue weighted by molar-refractivity contribution is 5.79. The van der Waals surface area contributed by atoms with E-state index in [2.05, 4.69) is 16.3 Å². The van der Waals surface area contributed by atoms with Crippen molar-refractivity contribution in [3.63, 3.8) is 0 Å². The van der Waals surface area contributed by atoms with E-state index in [9.17, 15) is 18.0 Å². The molecule has 12 heteroatoms. The van der Waals surface area contributed by atoms with E-state index in [0.29, 0.717) is 38.0 Å². The first kappa shape index (κ1) is 28.1. The normalized spacial score (nSPS) is 17.6. The van der Waals surface area contributed by atoms with Crippen molar-refractivity contribution in [3.05, 3.63) is 66.0 Å². The number of ether oxygens (including phenoxy) is 1. The lowest BCUT2D eigenvalue weighted by atomic mass is 9.92. The zero-order valence-corrected chi connectivity index (χ0v) is 21.4. The number of aromatic nitrogens is 3. The Morgan fingerprint density at radius 3 is 2.36 bits per heavy atom. The summed E-state index contributed by atoms with van der Waals surface area (Å²) in [5.74, 6) is -0.372. The van der Waals surface area contributed by atoms with Crippen LogP contribution in [-0.2, 0) is 29.2 Å². The highest BCUT2D eigenvalue weighted by atomic mass is 19.4. The zero-order chi connectivity index (χ0) is 28.0. The molecule has 5 rings (SSSR count). The van der Waals surface area contributed by atoms with E-state index in [-0.39, 0.29) is 11.8 Å². The number of hydrogen-bond donors (Lipinski definition) is 2. The van der Waals surface area contributed by atoms with Crippen molar-refractivity contribution in [2.24, 2.45) is 5.92 Å². The monoisotopic (exact) mass is 545 g/mol. The van der Waals surface area contributed by atoms with Crippen LogP contribution in [0.2, 0.25) is 0 Å². The van der Waals surface area contributed by atoms with Gasteiger partial charge in [0, 0.05) is 30.3 Å². The molecule has 1 saturated carbocycles. The molecule has 9 nitrogen and oxygen atoms in total. The number of fused-ring (bicyclic) bond motifs is 1. The maximum atomic E-state index is 13.1. The summed E-state index contributed by atoms with van der Waals surface area (Å²) >= 11 is 0. The first-order valence-electron chi connectivity index (χ1n) is 12.6. The molecule has 0 spiro atoms. The summed E-state index contributed by atoms with van der Waals surface area (Å²) < 4.78 is 39.2. The molecular formula is C27H30F3N5O4. The molecule has 1 unspecified atom stereocenters. The smallest absolute Gasteiger partial charge is 0.490 e. The predicted molar refractivity (Wildman–Crippen MR) is 136 cm³/mol. The van der Waals surface area contributed by atoms with Crippen molar-refractivity contribution >= 4 is 11.9 Å². The first-order valence-corrected chi connectivity index (χ1v) is 12.6. The van der Waals surface area contributed by atoms with Crippen LogP contribution in [0.25, 0.3) is 11.4 Å². The van der Waals surface area contributed by atoms with Crippen LogP contribution < -0.4 is 10.1 Å². The number of carbonyl (C=O) groups excluding carboxylic acids is 1. The van der Waals surface area contributed by atoms with Gasteiger partial charge < -0.3 is 15.2 Å². The van der Waals surface area contributed by atoms with Crippen molar-refractivity contribution in [2.75, 3.05) is 13.7 Å². The van der Waals surface area contributed by atoms with Gasteiger partial charge in [-0.3, -0.25) is 9.69 Å². The van der Waals surface area contributed by atoms with Crippen LogP contribution in [0, 0.1) is 5.92 Å². The molecule has 39 heavy (non-hydrogen) atoms. The largest absolute Gasteiger partial charge is 0.496 e. The first-order chi connectivity index (χ1) is 18.6. The van der Waals surface area contributed by atoms with E-state index in [0.717, 1.165) is 35.5 Å². The van der Waals surface area contributed by atoms with E-state index in [4.69, 9.17) is 24.7 Å². The second-order valence-corrected chi connectivity index (χ2v) is 9.52. The Hall–Kier alpha value is -3.93. The quantitative estimate of drug-likeness (QED) is 0.484. The van der Waals surface area contributed by atoms with Gasteiger partial charge >= 0.3 is 12.1 Å². The Labute approximate surface area is 223 Å². The maximum Gasteiger partial charge on any atom is 0.490 e.